The fourth-order valence-corrected chi connectivity index (χ4v) is 1.24. The van der Waals surface area contributed by atoms with Crippen molar-refractivity contribution in [3.8, 4) is 11.5 Å². The Hall–Kier alpha value is -1.19. The Morgan fingerprint density at radius 3 is 2.53 bits per heavy atom. The normalized spacial score (nSPS) is 11.5. The SMILES string of the molecule is C=CCC[C@H](N)c1ccc(O)c(O)c1.Cl. The van der Waals surface area contributed by atoms with E-state index in [-0.39, 0.29) is 29.9 Å². The third-order valence-corrected chi connectivity index (χ3v) is 2.11. The number of benzene rings is 1. The van der Waals surface area contributed by atoms with Gasteiger partial charge in [-0.1, -0.05) is 12.1 Å². The molecule has 0 fully saturated rings. The minimum absolute atomic E-state index is 0. The standard InChI is InChI=1S/C11H15NO2.ClH/c1-2-3-4-9(12)8-5-6-10(13)11(14)7-8;/h2,5-7,9,13-14H,1,3-4,12H2;1H/t9-;/m0./s1. The largest absolute Gasteiger partial charge is 0.504 e. The first-order valence-electron chi connectivity index (χ1n) is 4.53. The summed E-state index contributed by atoms with van der Waals surface area (Å²) in [6.07, 6.45) is 3.43. The lowest BCUT2D eigenvalue weighted by Gasteiger charge is -2.11. The Morgan fingerprint density at radius 1 is 1.33 bits per heavy atom. The van der Waals surface area contributed by atoms with Gasteiger partial charge in [0.2, 0.25) is 0 Å². The number of hydrogen-bond acceptors (Lipinski definition) is 3. The Balaban J connectivity index is 0.00000196. The van der Waals surface area contributed by atoms with E-state index in [0.717, 1.165) is 18.4 Å². The summed E-state index contributed by atoms with van der Waals surface area (Å²) in [4.78, 5) is 0. The second-order valence-corrected chi connectivity index (χ2v) is 3.22. The summed E-state index contributed by atoms with van der Waals surface area (Å²) < 4.78 is 0. The van der Waals surface area contributed by atoms with E-state index in [2.05, 4.69) is 6.58 Å². The van der Waals surface area contributed by atoms with Crippen LogP contribution in [0.5, 0.6) is 11.5 Å². The summed E-state index contributed by atoms with van der Waals surface area (Å²) in [5, 5.41) is 18.3. The molecule has 0 aliphatic rings. The highest BCUT2D eigenvalue weighted by molar-refractivity contribution is 5.85. The predicted octanol–water partition coefficient (Wildman–Crippen LogP) is 2.49. The van der Waals surface area contributed by atoms with Gasteiger partial charge in [-0.05, 0) is 30.5 Å². The van der Waals surface area contributed by atoms with Crippen LogP contribution in [0, 0.1) is 0 Å². The van der Waals surface area contributed by atoms with E-state index in [1.165, 1.54) is 12.1 Å². The van der Waals surface area contributed by atoms with Crippen LogP contribution in [0.25, 0.3) is 0 Å². The molecule has 1 aromatic carbocycles. The average molecular weight is 230 g/mol. The van der Waals surface area contributed by atoms with Gasteiger partial charge < -0.3 is 15.9 Å². The molecule has 0 heterocycles. The summed E-state index contributed by atoms with van der Waals surface area (Å²) in [6, 6.07) is 4.52. The Bertz CT molecular complexity index is 328. The third kappa shape index (κ3) is 3.81. The molecule has 1 atom stereocenters. The van der Waals surface area contributed by atoms with E-state index < -0.39 is 0 Å². The smallest absolute Gasteiger partial charge is 0.157 e. The van der Waals surface area contributed by atoms with Crippen molar-refractivity contribution in [2.45, 2.75) is 18.9 Å². The van der Waals surface area contributed by atoms with Crippen LogP contribution in [-0.4, -0.2) is 10.2 Å². The average Bonchev–Trinajstić information content (AvgIpc) is 2.18. The summed E-state index contributed by atoms with van der Waals surface area (Å²) in [5.41, 5.74) is 6.68. The highest BCUT2D eigenvalue weighted by atomic mass is 35.5. The number of rotatable bonds is 4. The van der Waals surface area contributed by atoms with E-state index >= 15 is 0 Å². The number of halogens is 1. The topological polar surface area (TPSA) is 66.5 Å². The van der Waals surface area contributed by atoms with Crippen molar-refractivity contribution in [3.63, 3.8) is 0 Å². The summed E-state index contributed by atoms with van der Waals surface area (Å²) in [7, 11) is 0. The maximum absolute atomic E-state index is 9.25. The van der Waals surface area contributed by atoms with Crippen molar-refractivity contribution in [1.29, 1.82) is 0 Å². The van der Waals surface area contributed by atoms with Gasteiger partial charge in [-0.25, -0.2) is 0 Å². The molecule has 0 aliphatic carbocycles. The molecule has 4 heteroatoms. The van der Waals surface area contributed by atoms with Crippen LogP contribution in [0.2, 0.25) is 0 Å². The van der Waals surface area contributed by atoms with Gasteiger partial charge in [-0.2, -0.15) is 0 Å². The summed E-state index contributed by atoms with van der Waals surface area (Å²) in [5.74, 6) is -0.249. The van der Waals surface area contributed by atoms with Crippen LogP contribution in [0.4, 0.5) is 0 Å². The van der Waals surface area contributed by atoms with Crippen molar-refractivity contribution >= 4 is 12.4 Å². The van der Waals surface area contributed by atoms with E-state index in [1.54, 1.807) is 12.1 Å². The number of allylic oxidation sites excluding steroid dienone is 1. The molecule has 0 aromatic heterocycles. The van der Waals surface area contributed by atoms with Gasteiger partial charge in [0.05, 0.1) is 0 Å². The fourth-order valence-electron chi connectivity index (χ4n) is 1.24. The summed E-state index contributed by atoms with van der Waals surface area (Å²) >= 11 is 0. The van der Waals surface area contributed by atoms with Crippen LogP contribution >= 0.6 is 12.4 Å². The second-order valence-electron chi connectivity index (χ2n) is 3.22. The van der Waals surface area contributed by atoms with Gasteiger partial charge in [0.1, 0.15) is 0 Å². The number of nitrogens with two attached hydrogens (primary N) is 1. The Kier molecular flexibility index (Phi) is 5.82. The van der Waals surface area contributed by atoms with Gasteiger partial charge in [0.25, 0.3) is 0 Å². The monoisotopic (exact) mass is 229 g/mol. The van der Waals surface area contributed by atoms with Crippen LogP contribution in [0.15, 0.2) is 30.9 Å². The molecular formula is C11H16ClNO2. The lowest BCUT2D eigenvalue weighted by atomic mass is 10.0. The molecule has 0 saturated heterocycles. The second kappa shape index (κ2) is 6.32. The molecule has 0 amide bonds. The van der Waals surface area contributed by atoms with Gasteiger partial charge in [0, 0.05) is 6.04 Å². The minimum Gasteiger partial charge on any atom is -0.504 e. The van der Waals surface area contributed by atoms with E-state index in [9.17, 15) is 5.11 Å². The van der Waals surface area contributed by atoms with E-state index in [4.69, 9.17) is 10.8 Å². The predicted molar refractivity (Wildman–Crippen MR) is 63.4 cm³/mol. The van der Waals surface area contributed by atoms with Gasteiger partial charge in [-0.3, -0.25) is 0 Å². The third-order valence-electron chi connectivity index (χ3n) is 2.11. The molecule has 4 N–H and O–H groups in total. The number of phenolic OH excluding ortho intramolecular Hbond substituents is 2. The first kappa shape index (κ1) is 13.8. The molecule has 3 nitrogen and oxygen atoms in total. The zero-order valence-electron chi connectivity index (χ0n) is 8.39. The lowest BCUT2D eigenvalue weighted by Crippen LogP contribution is -2.09. The van der Waals surface area contributed by atoms with Gasteiger partial charge >= 0.3 is 0 Å². The molecule has 0 spiro atoms. The first-order chi connectivity index (χ1) is 6.65. The molecule has 0 unspecified atom stereocenters. The molecular weight excluding hydrogens is 214 g/mol. The molecule has 0 bridgehead atoms. The van der Waals surface area contributed by atoms with Crippen LogP contribution in [0.1, 0.15) is 24.4 Å². The quantitative estimate of drug-likeness (QED) is 0.549. The van der Waals surface area contributed by atoms with Gasteiger partial charge in [-0.15, -0.1) is 19.0 Å². The Labute approximate surface area is 95.6 Å². The number of phenols is 2. The summed E-state index contributed by atoms with van der Waals surface area (Å²) in [6.45, 7) is 3.61. The highest BCUT2D eigenvalue weighted by Gasteiger charge is 2.07. The number of hydrogen-bond donors (Lipinski definition) is 3. The zero-order chi connectivity index (χ0) is 10.6. The minimum atomic E-state index is -0.128. The zero-order valence-corrected chi connectivity index (χ0v) is 9.20. The number of aromatic hydroxyl groups is 2. The fraction of sp³-hybridized carbons (Fsp3) is 0.273. The molecule has 1 aromatic rings. The van der Waals surface area contributed by atoms with Crippen molar-refractivity contribution in [2.75, 3.05) is 0 Å². The Morgan fingerprint density at radius 2 is 2.00 bits per heavy atom. The van der Waals surface area contributed by atoms with Crippen LogP contribution < -0.4 is 5.73 Å². The maximum Gasteiger partial charge on any atom is 0.157 e. The highest BCUT2D eigenvalue weighted by Crippen LogP contribution is 2.28. The molecule has 0 radical (unpaired) electrons. The first-order valence-corrected chi connectivity index (χ1v) is 4.53. The van der Waals surface area contributed by atoms with E-state index in [0.29, 0.717) is 0 Å². The van der Waals surface area contributed by atoms with Crippen molar-refractivity contribution in [3.05, 3.63) is 36.4 Å². The molecule has 84 valence electrons. The van der Waals surface area contributed by atoms with Crippen molar-refractivity contribution < 1.29 is 10.2 Å². The lowest BCUT2D eigenvalue weighted by molar-refractivity contribution is 0.402. The molecule has 0 saturated carbocycles. The van der Waals surface area contributed by atoms with Crippen molar-refractivity contribution in [1.82, 2.24) is 0 Å². The van der Waals surface area contributed by atoms with Gasteiger partial charge in [0.15, 0.2) is 11.5 Å². The molecule has 15 heavy (non-hydrogen) atoms. The van der Waals surface area contributed by atoms with Crippen molar-refractivity contribution in [2.24, 2.45) is 5.73 Å². The molecule has 1 rings (SSSR count). The van der Waals surface area contributed by atoms with Crippen LogP contribution in [0.3, 0.4) is 0 Å². The van der Waals surface area contributed by atoms with E-state index in [1.807, 2.05) is 0 Å². The molecule has 0 aliphatic heterocycles. The van der Waals surface area contributed by atoms with Crippen LogP contribution in [-0.2, 0) is 0 Å². The maximum atomic E-state index is 9.25.